The van der Waals surface area contributed by atoms with Crippen LogP contribution in [0.1, 0.15) is 6.92 Å². The molecule has 0 atom stereocenters. The summed E-state index contributed by atoms with van der Waals surface area (Å²) in [6, 6.07) is 0. The predicted molar refractivity (Wildman–Crippen MR) is 30.9 cm³/mol. The van der Waals surface area contributed by atoms with Crippen LogP contribution in [-0.4, -0.2) is 17.9 Å². The molecule has 48 valence electrons. The van der Waals surface area contributed by atoms with E-state index in [1.54, 1.807) is 6.92 Å². The van der Waals surface area contributed by atoms with Gasteiger partial charge in [-0.2, -0.15) is 0 Å². The monoisotopic (exact) mass is 126 g/mol. The van der Waals surface area contributed by atoms with E-state index in [0.717, 1.165) is 6.08 Å². The topological polar surface area (TPSA) is 51.2 Å². The third-order valence-corrected chi connectivity index (χ3v) is 0.668. The third-order valence-electron chi connectivity index (χ3n) is 0.668. The van der Waals surface area contributed by atoms with Crippen LogP contribution in [0, 0.1) is 0 Å². The third kappa shape index (κ3) is 2.54. The minimum atomic E-state index is -1.01. The Balaban J connectivity index is 4.04. The molecule has 0 aliphatic carbocycles. The van der Waals surface area contributed by atoms with Gasteiger partial charge in [0.25, 0.3) is 5.78 Å². The molecule has 0 aromatic heterocycles. The second-order valence-corrected chi connectivity index (χ2v) is 1.35. The molecule has 0 N–H and O–H groups in total. The molecule has 0 spiro atoms. The fourth-order valence-electron chi connectivity index (χ4n) is 0.292. The lowest BCUT2D eigenvalue weighted by Crippen LogP contribution is -2.11. The predicted octanol–water partition coefficient (Wildman–Crippen LogP) is -0.100. The van der Waals surface area contributed by atoms with Crippen LogP contribution in [0.15, 0.2) is 12.2 Å². The summed E-state index contributed by atoms with van der Waals surface area (Å²) in [5.74, 6) is -1.78. The highest BCUT2D eigenvalue weighted by Gasteiger charge is 2.05. The van der Waals surface area contributed by atoms with Gasteiger partial charge in [0.15, 0.2) is 6.29 Å². The van der Waals surface area contributed by atoms with Crippen molar-refractivity contribution in [3.8, 4) is 0 Å². The van der Waals surface area contributed by atoms with Crippen molar-refractivity contribution in [2.75, 3.05) is 0 Å². The molecule has 0 heterocycles. The van der Waals surface area contributed by atoms with Crippen molar-refractivity contribution in [3.63, 3.8) is 0 Å². The maximum Gasteiger partial charge on any atom is 0.265 e. The molecule has 0 radical (unpaired) electrons. The Morgan fingerprint density at radius 3 is 2.11 bits per heavy atom. The fourth-order valence-corrected chi connectivity index (χ4v) is 0.292. The molecule has 0 unspecified atom stereocenters. The Bertz CT molecular complexity index is 167. The summed E-state index contributed by atoms with van der Waals surface area (Å²) < 4.78 is 0. The van der Waals surface area contributed by atoms with Crippen LogP contribution >= 0.6 is 0 Å². The van der Waals surface area contributed by atoms with Gasteiger partial charge in [0.1, 0.15) is 0 Å². The summed E-state index contributed by atoms with van der Waals surface area (Å²) in [6.07, 6.45) is 2.46. The molecule has 0 aromatic rings. The van der Waals surface area contributed by atoms with E-state index in [9.17, 15) is 14.4 Å². The van der Waals surface area contributed by atoms with Crippen molar-refractivity contribution < 1.29 is 14.4 Å². The minimum Gasteiger partial charge on any atom is -0.294 e. The van der Waals surface area contributed by atoms with E-state index in [-0.39, 0.29) is 6.29 Å². The summed E-state index contributed by atoms with van der Waals surface area (Å²) in [5.41, 5.74) is 0. The lowest BCUT2D eigenvalue weighted by molar-refractivity contribution is -0.138. The van der Waals surface area contributed by atoms with Crippen molar-refractivity contribution >= 4 is 17.9 Å². The van der Waals surface area contributed by atoms with Crippen molar-refractivity contribution in [2.45, 2.75) is 6.92 Å². The molecule has 0 fully saturated rings. The fraction of sp³-hybridized carbons (Fsp3) is 0.167. The van der Waals surface area contributed by atoms with Gasteiger partial charge in [-0.05, 0) is 13.0 Å². The molecule has 0 rings (SSSR count). The Labute approximate surface area is 52.4 Å². The molecule has 9 heavy (non-hydrogen) atoms. The van der Waals surface area contributed by atoms with E-state index < -0.39 is 11.6 Å². The van der Waals surface area contributed by atoms with Crippen LogP contribution in [0.4, 0.5) is 0 Å². The molecule has 3 heteroatoms. The van der Waals surface area contributed by atoms with Gasteiger partial charge < -0.3 is 0 Å². The SMILES string of the molecule is C/C=C/C(=O)C(=O)C=O. The average molecular weight is 126 g/mol. The zero-order valence-corrected chi connectivity index (χ0v) is 4.96. The first kappa shape index (κ1) is 7.75. The van der Waals surface area contributed by atoms with Gasteiger partial charge in [0.05, 0.1) is 0 Å². The quantitative estimate of drug-likeness (QED) is 0.229. The summed E-state index contributed by atoms with van der Waals surface area (Å²) in [6.45, 7) is 1.59. The minimum absolute atomic E-state index is 0.00231. The normalized spacial score (nSPS) is 9.44. The highest BCUT2D eigenvalue weighted by Crippen LogP contribution is 1.75. The van der Waals surface area contributed by atoms with E-state index in [4.69, 9.17) is 0 Å². The summed E-state index contributed by atoms with van der Waals surface area (Å²) in [4.78, 5) is 30.1. The van der Waals surface area contributed by atoms with Crippen molar-refractivity contribution in [2.24, 2.45) is 0 Å². The Morgan fingerprint density at radius 2 is 1.78 bits per heavy atom. The smallest absolute Gasteiger partial charge is 0.265 e. The van der Waals surface area contributed by atoms with Crippen molar-refractivity contribution in [3.05, 3.63) is 12.2 Å². The Hall–Kier alpha value is -1.25. The van der Waals surface area contributed by atoms with Crippen molar-refractivity contribution in [1.82, 2.24) is 0 Å². The average Bonchev–Trinajstić information content (AvgIpc) is 1.87. The number of Topliss-reactive ketones (excluding diaryl/α,β-unsaturated/α-hetero) is 1. The number of hydrogen-bond donors (Lipinski definition) is 0. The standard InChI is InChI=1S/C6H6O3/c1-2-3-5(8)6(9)4-7/h2-4H,1H3/b3-2+. The lowest BCUT2D eigenvalue weighted by Gasteiger charge is -1.78. The molecule has 0 saturated carbocycles. The van der Waals surface area contributed by atoms with Crippen molar-refractivity contribution in [1.29, 1.82) is 0 Å². The largest absolute Gasteiger partial charge is 0.294 e. The number of aldehydes is 1. The Kier molecular flexibility index (Phi) is 3.20. The van der Waals surface area contributed by atoms with E-state index in [1.165, 1.54) is 6.08 Å². The van der Waals surface area contributed by atoms with Gasteiger partial charge in [-0.25, -0.2) is 0 Å². The molecule has 0 aliphatic heterocycles. The van der Waals surface area contributed by atoms with Gasteiger partial charge >= 0.3 is 0 Å². The first-order valence-electron chi connectivity index (χ1n) is 2.38. The van der Waals surface area contributed by atoms with Crippen LogP contribution in [0.3, 0.4) is 0 Å². The van der Waals surface area contributed by atoms with Gasteiger partial charge in [0, 0.05) is 0 Å². The molecule has 0 amide bonds. The Morgan fingerprint density at radius 1 is 1.22 bits per heavy atom. The number of carbonyl (C=O) groups is 3. The zero-order valence-electron chi connectivity index (χ0n) is 4.96. The van der Waals surface area contributed by atoms with Crippen LogP contribution in [0.5, 0.6) is 0 Å². The van der Waals surface area contributed by atoms with E-state index in [0.29, 0.717) is 0 Å². The highest BCUT2D eigenvalue weighted by molar-refractivity contribution is 6.60. The maximum absolute atomic E-state index is 10.3. The van der Waals surface area contributed by atoms with Crippen LogP contribution in [0.2, 0.25) is 0 Å². The summed E-state index contributed by atoms with van der Waals surface area (Å²) in [7, 11) is 0. The highest BCUT2D eigenvalue weighted by atomic mass is 16.2. The maximum atomic E-state index is 10.3. The molecule has 0 saturated heterocycles. The molecule has 0 bridgehead atoms. The second-order valence-electron chi connectivity index (χ2n) is 1.35. The van der Waals surface area contributed by atoms with Gasteiger partial charge in [-0.1, -0.05) is 6.08 Å². The van der Waals surface area contributed by atoms with Crippen LogP contribution in [0.25, 0.3) is 0 Å². The first-order valence-corrected chi connectivity index (χ1v) is 2.38. The van der Waals surface area contributed by atoms with E-state index >= 15 is 0 Å². The van der Waals surface area contributed by atoms with Crippen LogP contribution in [-0.2, 0) is 14.4 Å². The van der Waals surface area contributed by atoms with E-state index in [2.05, 4.69) is 0 Å². The van der Waals surface area contributed by atoms with Crippen LogP contribution < -0.4 is 0 Å². The molecular formula is C6H6O3. The van der Waals surface area contributed by atoms with E-state index in [1.807, 2.05) is 0 Å². The second kappa shape index (κ2) is 3.72. The number of allylic oxidation sites excluding steroid dienone is 2. The zero-order chi connectivity index (χ0) is 7.28. The molecule has 0 aromatic carbocycles. The number of ketones is 2. The first-order chi connectivity index (χ1) is 4.22. The molecule has 3 nitrogen and oxygen atoms in total. The van der Waals surface area contributed by atoms with Gasteiger partial charge in [0.2, 0.25) is 5.78 Å². The lowest BCUT2D eigenvalue weighted by atomic mass is 10.3. The summed E-state index contributed by atoms with van der Waals surface area (Å²) >= 11 is 0. The number of rotatable bonds is 3. The summed E-state index contributed by atoms with van der Waals surface area (Å²) in [5, 5.41) is 0. The number of carbonyl (C=O) groups excluding carboxylic acids is 3. The number of hydrogen-bond acceptors (Lipinski definition) is 3. The van der Waals surface area contributed by atoms with Gasteiger partial charge in [-0.3, -0.25) is 14.4 Å². The van der Waals surface area contributed by atoms with Gasteiger partial charge in [-0.15, -0.1) is 0 Å². The molecular weight excluding hydrogens is 120 g/mol. The molecule has 0 aliphatic rings.